The van der Waals surface area contributed by atoms with E-state index in [1.807, 2.05) is 37.3 Å². The molecule has 0 aliphatic carbocycles. The standard InChI is InChI=1S/C20H20N2OS/c1-4-15-8-10-16(11-9-15)12-18-19(23)22-20(24-18)21-17-7-5-6-13(2)14(17)3/h5-12H,4H2,1-3H3,(H,21,22,23)/b18-12-. The highest BCUT2D eigenvalue weighted by molar-refractivity contribution is 8.18. The maximum absolute atomic E-state index is 12.2. The fraction of sp³-hybridized carbons (Fsp3) is 0.200. The normalized spacial score (nSPS) is 17.5. The molecule has 3 rings (SSSR count). The lowest BCUT2D eigenvalue weighted by Gasteiger charge is -2.04. The number of carbonyl (C=O) groups is 1. The highest BCUT2D eigenvalue weighted by Gasteiger charge is 2.23. The van der Waals surface area contributed by atoms with Crippen LogP contribution in [-0.2, 0) is 11.2 Å². The van der Waals surface area contributed by atoms with Gasteiger partial charge in [-0.3, -0.25) is 4.79 Å². The van der Waals surface area contributed by atoms with E-state index in [4.69, 9.17) is 0 Å². The molecule has 1 aliphatic heterocycles. The van der Waals surface area contributed by atoms with E-state index in [0.29, 0.717) is 10.1 Å². The number of carbonyl (C=O) groups excluding carboxylic acids is 1. The second kappa shape index (κ2) is 7.05. The Bertz CT molecular complexity index is 835. The van der Waals surface area contributed by atoms with Gasteiger partial charge in [-0.15, -0.1) is 0 Å². The largest absolute Gasteiger partial charge is 0.300 e. The number of amidine groups is 1. The molecule has 1 N–H and O–H groups in total. The van der Waals surface area contributed by atoms with Crippen molar-refractivity contribution < 1.29 is 4.79 Å². The van der Waals surface area contributed by atoms with Gasteiger partial charge in [-0.05, 0) is 66.4 Å². The van der Waals surface area contributed by atoms with Gasteiger partial charge >= 0.3 is 0 Å². The maximum atomic E-state index is 12.2. The summed E-state index contributed by atoms with van der Waals surface area (Å²) < 4.78 is 0. The minimum Gasteiger partial charge on any atom is -0.300 e. The summed E-state index contributed by atoms with van der Waals surface area (Å²) in [7, 11) is 0. The van der Waals surface area contributed by atoms with E-state index < -0.39 is 0 Å². The summed E-state index contributed by atoms with van der Waals surface area (Å²) in [4.78, 5) is 17.4. The van der Waals surface area contributed by atoms with E-state index in [1.165, 1.54) is 22.9 Å². The van der Waals surface area contributed by atoms with Crippen molar-refractivity contribution in [2.75, 3.05) is 0 Å². The average Bonchev–Trinajstić information content (AvgIpc) is 2.92. The second-order valence-corrected chi connectivity index (χ2v) is 6.83. The molecule has 122 valence electrons. The van der Waals surface area contributed by atoms with Crippen LogP contribution in [0.1, 0.15) is 29.2 Å². The first-order valence-corrected chi connectivity index (χ1v) is 8.83. The third-order valence-corrected chi connectivity index (χ3v) is 5.04. The Morgan fingerprint density at radius 3 is 2.58 bits per heavy atom. The quantitative estimate of drug-likeness (QED) is 0.821. The van der Waals surface area contributed by atoms with Gasteiger partial charge in [0.2, 0.25) is 0 Å². The van der Waals surface area contributed by atoms with Gasteiger partial charge in [0.05, 0.1) is 10.6 Å². The molecule has 0 bridgehead atoms. The lowest BCUT2D eigenvalue weighted by molar-refractivity contribution is -0.115. The van der Waals surface area contributed by atoms with E-state index in [1.54, 1.807) is 0 Å². The lowest BCUT2D eigenvalue weighted by Crippen LogP contribution is -2.19. The van der Waals surface area contributed by atoms with Gasteiger partial charge in [0, 0.05) is 0 Å². The Kier molecular flexibility index (Phi) is 4.86. The van der Waals surface area contributed by atoms with Crippen LogP contribution >= 0.6 is 11.8 Å². The molecule has 1 fully saturated rings. The van der Waals surface area contributed by atoms with Crippen molar-refractivity contribution in [2.24, 2.45) is 4.99 Å². The zero-order valence-electron chi connectivity index (χ0n) is 14.1. The fourth-order valence-electron chi connectivity index (χ4n) is 2.45. The smallest absolute Gasteiger partial charge is 0.264 e. The molecule has 0 radical (unpaired) electrons. The van der Waals surface area contributed by atoms with Crippen LogP contribution in [0.5, 0.6) is 0 Å². The lowest BCUT2D eigenvalue weighted by atomic mass is 10.1. The van der Waals surface area contributed by atoms with Crippen LogP contribution in [0.15, 0.2) is 52.4 Å². The molecular formula is C20H20N2OS. The number of hydrogen-bond donors (Lipinski definition) is 1. The first kappa shape index (κ1) is 16.5. The Morgan fingerprint density at radius 1 is 1.12 bits per heavy atom. The van der Waals surface area contributed by atoms with Gasteiger partial charge in [0.25, 0.3) is 5.91 Å². The summed E-state index contributed by atoms with van der Waals surface area (Å²) in [6, 6.07) is 14.3. The molecule has 2 aromatic carbocycles. The summed E-state index contributed by atoms with van der Waals surface area (Å²) in [5, 5.41) is 3.48. The number of aryl methyl sites for hydroxylation is 2. The molecular weight excluding hydrogens is 316 g/mol. The molecule has 24 heavy (non-hydrogen) atoms. The molecule has 0 saturated carbocycles. The van der Waals surface area contributed by atoms with E-state index in [9.17, 15) is 4.79 Å². The third kappa shape index (κ3) is 3.60. The highest BCUT2D eigenvalue weighted by Crippen LogP contribution is 2.29. The molecule has 0 unspecified atom stereocenters. The van der Waals surface area contributed by atoms with Crippen molar-refractivity contribution in [1.82, 2.24) is 5.32 Å². The van der Waals surface area contributed by atoms with E-state index in [2.05, 4.69) is 42.4 Å². The summed E-state index contributed by atoms with van der Waals surface area (Å²) >= 11 is 1.38. The maximum Gasteiger partial charge on any atom is 0.264 e. The number of amides is 1. The van der Waals surface area contributed by atoms with Gasteiger partial charge in [0.15, 0.2) is 5.17 Å². The average molecular weight is 336 g/mol. The van der Waals surface area contributed by atoms with E-state index in [0.717, 1.165) is 23.2 Å². The monoisotopic (exact) mass is 336 g/mol. The van der Waals surface area contributed by atoms with Crippen LogP contribution in [0.2, 0.25) is 0 Å². The van der Waals surface area contributed by atoms with Crippen LogP contribution < -0.4 is 5.32 Å². The van der Waals surface area contributed by atoms with E-state index >= 15 is 0 Å². The topological polar surface area (TPSA) is 41.5 Å². The van der Waals surface area contributed by atoms with Crippen LogP contribution in [0, 0.1) is 13.8 Å². The van der Waals surface area contributed by atoms with Crippen LogP contribution in [0.3, 0.4) is 0 Å². The van der Waals surface area contributed by atoms with Gasteiger partial charge in [-0.2, -0.15) is 0 Å². The predicted molar refractivity (Wildman–Crippen MR) is 103 cm³/mol. The van der Waals surface area contributed by atoms with Crippen molar-refractivity contribution in [3.05, 3.63) is 69.6 Å². The van der Waals surface area contributed by atoms with Crippen molar-refractivity contribution >= 4 is 34.6 Å². The molecule has 1 aliphatic rings. The van der Waals surface area contributed by atoms with Crippen molar-refractivity contribution in [2.45, 2.75) is 27.2 Å². The van der Waals surface area contributed by atoms with Crippen molar-refractivity contribution in [1.29, 1.82) is 0 Å². The minimum absolute atomic E-state index is 0.0939. The first-order chi connectivity index (χ1) is 11.6. The zero-order valence-corrected chi connectivity index (χ0v) is 14.9. The molecule has 1 amide bonds. The molecule has 3 nitrogen and oxygen atoms in total. The molecule has 1 saturated heterocycles. The van der Waals surface area contributed by atoms with Crippen molar-refractivity contribution in [3.8, 4) is 0 Å². The summed E-state index contributed by atoms with van der Waals surface area (Å²) in [5.74, 6) is -0.0939. The number of rotatable bonds is 3. The number of thioether (sulfide) groups is 1. The van der Waals surface area contributed by atoms with Crippen LogP contribution in [-0.4, -0.2) is 11.1 Å². The molecule has 0 aromatic heterocycles. The molecule has 1 heterocycles. The van der Waals surface area contributed by atoms with Crippen LogP contribution in [0.25, 0.3) is 6.08 Å². The fourth-order valence-corrected chi connectivity index (χ4v) is 3.28. The highest BCUT2D eigenvalue weighted by atomic mass is 32.2. The summed E-state index contributed by atoms with van der Waals surface area (Å²) in [5.41, 5.74) is 5.53. The first-order valence-electron chi connectivity index (χ1n) is 8.01. The van der Waals surface area contributed by atoms with Crippen LogP contribution in [0.4, 0.5) is 5.69 Å². The Hall–Kier alpha value is -2.33. The Morgan fingerprint density at radius 2 is 1.88 bits per heavy atom. The number of hydrogen-bond acceptors (Lipinski definition) is 3. The van der Waals surface area contributed by atoms with E-state index in [-0.39, 0.29) is 5.91 Å². The number of benzene rings is 2. The Labute approximate surface area is 146 Å². The predicted octanol–water partition coefficient (Wildman–Crippen LogP) is 4.76. The van der Waals surface area contributed by atoms with Gasteiger partial charge in [0.1, 0.15) is 0 Å². The summed E-state index contributed by atoms with van der Waals surface area (Å²) in [6.45, 7) is 6.23. The molecule has 0 atom stereocenters. The number of nitrogens with zero attached hydrogens (tertiary/aromatic N) is 1. The van der Waals surface area contributed by atoms with Gasteiger partial charge in [-0.1, -0.05) is 43.3 Å². The Balaban J connectivity index is 1.83. The number of nitrogens with one attached hydrogen (secondary N) is 1. The second-order valence-electron chi connectivity index (χ2n) is 5.80. The van der Waals surface area contributed by atoms with Crippen molar-refractivity contribution in [3.63, 3.8) is 0 Å². The molecule has 4 heteroatoms. The zero-order chi connectivity index (χ0) is 17.1. The minimum atomic E-state index is -0.0939. The SMILES string of the molecule is CCc1ccc(/C=C2\SC(=Nc3cccc(C)c3C)NC2=O)cc1. The van der Waals surface area contributed by atoms with Gasteiger partial charge < -0.3 is 5.32 Å². The number of aliphatic imine (C=N–C) groups is 1. The third-order valence-electron chi connectivity index (χ3n) is 4.13. The molecule has 2 aromatic rings. The van der Waals surface area contributed by atoms with Gasteiger partial charge in [-0.25, -0.2) is 4.99 Å². The summed E-state index contributed by atoms with van der Waals surface area (Å²) in [6.07, 6.45) is 2.92. The molecule has 0 spiro atoms.